The summed E-state index contributed by atoms with van der Waals surface area (Å²) in [5.41, 5.74) is 1.28. The molecular weight excluding hydrogens is 384 g/mol. The van der Waals surface area contributed by atoms with Gasteiger partial charge in [-0.15, -0.1) is 10.2 Å². The summed E-state index contributed by atoms with van der Waals surface area (Å²) >= 11 is 2.79. The van der Waals surface area contributed by atoms with Crippen LogP contribution in [-0.2, 0) is 9.53 Å². The molecule has 2 aromatic rings. The predicted molar refractivity (Wildman–Crippen MR) is 110 cm³/mol. The highest BCUT2D eigenvalue weighted by Gasteiger charge is 2.19. The number of nitrogens with zero attached hydrogens (tertiary/aromatic N) is 2. The van der Waals surface area contributed by atoms with Crippen LogP contribution >= 0.6 is 23.1 Å². The summed E-state index contributed by atoms with van der Waals surface area (Å²) in [5.74, 6) is -0.140. The van der Waals surface area contributed by atoms with E-state index in [2.05, 4.69) is 20.8 Å². The van der Waals surface area contributed by atoms with Crippen LogP contribution in [0.15, 0.2) is 28.6 Å². The molecule has 0 bridgehead atoms. The van der Waals surface area contributed by atoms with E-state index in [9.17, 15) is 9.59 Å². The second-order valence-electron chi connectivity index (χ2n) is 6.14. The number of benzene rings is 1. The molecule has 0 saturated carbocycles. The van der Waals surface area contributed by atoms with Gasteiger partial charge < -0.3 is 15.4 Å². The molecule has 2 N–H and O–H groups in total. The maximum absolute atomic E-state index is 12.6. The number of anilines is 2. The van der Waals surface area contributed by atoms with Crippen molar-refractivity contribution in [1.29, 1.82) is 0 Å². The van der Waals surface area contributed by atoms with Crippen molar-refractivity contribution >= 4 is 45.6 Å². The highest BCUT2D eigenvalue weighted by atomic mass is 32.2. The zero-order valence-corrected chi connectivity index (χ0v) is 17.4. The van der Waals surface area contributed by atoms with Crippen LogP contribution in [0.25, 0.3) is 0 Å². The largest absolute Gasteiger partial charge is 0.383 e. The highest BCUT2D eigenvalue weighted by molar-refractivity contribution is 8.02. The third-order valence-electron chi connectivity index (χ3n) is 3.60. The summed E-state index contributed by atoms with van der Waals surface area (Å²) in [4.78, 5) is 24.3. The van der Waals surface area contributed by atoms with Crippen LogP contribution in [0, 0.1) is 5.92 Å². The Kier molecular flexibility index (Phi) is 8.21. The summed E-state index contributed by atoms with van der Waals surface area (Å²) < 4.78 is 5.71. The monoisotopic (exact) mass is 408 g/mol. The first-order valence-electron chi connectivity index (χ1n) is 8.58. The fourth-order valence-electron chi connectivity index (χ4n) is 2.03. The van der Waals surface area contributed by atoms with E-state index >= 15 is 0 Å². The topological polar surface area (TPSA) is 93.2 Å². The van der Waals surface area contributed by atoms with Gasteiger partial charge in [0.05, 0.1) is 11.9 Å². The third kappa shape index (κ3) is 6.60. The first-order chi connectivity index (χ1) is 12.9. The second kappa shape index (κ2) is 10.4. The van der Waals surface area contributed by atoms with Crippen molar-refractivity contribution in [3.63, 3.8) is 0 Å². The van der Waals surface area contributed by atoms with E-state index in [4.69, 9.17) is 4.74 Å². The summed E-state index contributed by atoms with van der Waals surface area (Å²) in [6, 6.07) is 6.95. The minimum absolute atomic E-state index is 0.00540. The minimum Gasteiger partial charge on any atom is -0.383 e. The molecule has 1 aromatic heterocycles. The second-order valence-corrected chi connectivity index (χ2v) is 8.70. The molecule has 0 fully saturated rings. The number of hydrogen-bond acceptors (Lipinski definition) is 8. The summed E-state index contributed by atoms with van der Waals surface area (Å²) in [7, 11) is 1.64. The molecule has 0 aliphatic heterocycles. The summed E-state index contributed by atoms with van der Waals surface area (Å²) in [5, 5.41) is 14.5. The Hall–Kier alpha value is -1.97. The Labute approximate surface area is 167 Å². The lowest BCUT2D eigenvalue weighted by Crippen LogP contribution is -2.18. The summed E-state index contributed by atoms with van der Waals surface area (Å²) in [6.07, 6.45) is 0. The lowest BCUT2D eigenvalue weighted by molar-refractivity contribution is -0.118. The Morgan fingerprint density at radius 3 is 2.52 bits per heavy atom. The van der Waals surface area contributed by atoms with E-state index < -0.39 is 0 Å². The molecule has 0 spiro atoms. The van der Waals surface area contributed by atoms with Gasteiger partial charge in [-0.05, 0) is 31.2 Å². The molecule has 146 valence electrons. The fraction of sp³-hybridized carbons (Fsp3) is 0.444. The average Bonchev–Trinajstić information content (AvgIpc) is 3.09. The van der Waals surface area contributed by atoms with Crippen molar-refractivity contribution < 1.29 is 14.3 Å². The van der Waals surface area contributed by atoms with Gasteiger partial charge in [-0.2, -0.15) is 0 Å². The number of ketones is 1. The van der Waals surface area contributed by atoms with Crippen LogP contribution in [0.1, 0.15) is 31.1 Å². The predicted octanol–water partition coefficient (Wildman–Crippen LogP) is 3.55. The molecule has 1 amide bonds. The van der Waals surface area contributed by atoms with Gasteiger partial charge in [-0.25, -0.2) is 0 Å². The molecule has 9 heteroatoms. The van der Waals surface area contributed by atoms with Crippen LogP contribution in [0.5, 0.6) is 0 Å². The van der Waals surface area contributed by atoms with E-state index in [1.54, 1.807) is 31.4 Å². The SMILES string of the molecule is COCCNc1nnc(S[C@@H](C)C(=O)c2ccc(NC(=O)C(C)C)cc2)s1. The standard InChI is InChI=1S/C18H24N4O3S2/c1-11(2)16(24)20-14-7-5-13(6-8-14)15(23)12(3)26-18-22-21-17(27-18)19-9-10-25-4/h5-8,11-12H,9-10H2,1-4H3,(H,19,21)(H,20,24)/t12-/m0/s1. The van der Waals surface area contributed by atoms with Gasteiger partial charge in [0.1, 0.15) is 0 Å². The number of hydrogen-bond donors (Lipinski definition) is 2. The molecular formula is C18H24N4O3S2. The molecule has 7 nitrogen and oxygen atoms in total. The Morgan fingerprint density at radius 1 is 1.19 bits per heavy atom. The van der Waals surface area contributed by atoms with Crippen LogP contribution in [0.4, 0.5) is 10.8 Å². The van der Waals surface area contributed by atoms with Crippen LogP contribution < -0.4 is 10.6 Å². The van der Waals surface area contributed by atoms with Gasteiger partial charge in [0.2, 0.25) is 11.0 Å². The van der Waals surface area contributed by atoms with Gasteiger partial charge in [0.15, 0.2) is 10.1 Å². The van der Waals surface area contributed by atoms with Gasteiger partial charge in [0, 0.05) is 30.8 Å². The fourth-order valence-corrected chi connectivity index (χ4v) is 4.03. The van der Waals surface area contributed by atoms with E-state index in [1.807, 2.05) is 20.8 Å². The number of nitrogens with one attached hydrogen (secondary N) is 2. The number of amides is 1. The molecule has 0 saturated heterocycles. The number of ether oxygens (including phenoxy) is 1. The Morgan fingerprint density at radius 2 is 1.89 bits per heavy atom. The highest BCUT2D eigenvalue weighted by Crippen LogP contribution is 2.30. The summed E-state index contributed by atoms with van der Waals surface area (Å²) in [6.45, 7) is 6.76. The van der Waals surface area contributed by atoms with E-state index in [1.165, 1.54) is 23.1 Å². The van der Waals surface area contributed by atoms with Crippen molar-refractivity contribution in [3.05, 3.63) is 29.8 Å². The lowest BCUT2D eigenvalue weighted by atomic mass is 10.1. The Bertz CT molecular complexity index is 762. The Balaban J connectivity index is 1.92. The van der Waals surface area contributed by atoms with Crippen molar-refractivity contribution in [2.24, 2.45) is 5.92 Å². The quantitative estimate of drug-likeness (QED) is 0.353. The molecule has 2 rings (SSSR count). The molecule has 1 atom stereocenters. The lowest BCUT2D eigenvalue weighted by Gasteiger charge is -2.10. The number of carbonyl (C=O) groups is 2. The van der Waals surface area contributed by atoms with Gasteiger partial charge in [-0.1, -0.05) is 36.9 Å². The maximum Gasteiger partial charge on any atom is 0.226 e. The smallest absolute Gasteiger partial charge is 0.226 e. The van der Waals surface area contributed by atoms with Crippen LogP contribution in [0.3, 0.4) is 0 Å². The zero-order chi connectivity index (χ0) is 19.8. The first-order valence-corrected chi connectivity index (χ1v) is 10.3. The average molecular weight is 409 g/mol. The molecule has 0 aliphatic carbocycles. The number of rotatable bonds is 10. The van der Waals surface area contributed by atoms with Crippen molar-refractivity contribution in [2.45, 2.75) is 30.4 Å². The maximum atomic E-state index is 12.6. The van der Waals surface area contributed by atoms with E-state index in [0.29, 0.717) is 29.5 Å². The number of carbonyl (C=O) groups excluding carboxylic acids is 2. The van der Waals surface area contributed by atoms with Gasteiger partial charge in [-0.3, -0.25) is 9.59 Å². The van der Waals surface area contributed by atoms with Gasteiger partial charge in [0.25, 0.3) is 0 Å². The molecule has 27 heavy (non-hydrogen) atoms. The number of aromatic nitrogens is 2. The van der Waals surface area contributed by atoms with Gasteiger partial charge >= 0.3 is 0 Å². The van der Waals surface area contributed by atoms with Crippen LogP contribution in [-0.4, -0.2) is 47.4 Å². The van der Waals surface area contributed by atoms with Crippen LogP contribution in [0.2, 0.25) is 0 Å². The van der Waals surface area contributed by atoms with Crippen molar-refractivity contribution in [3.8, 4) is 0 Å². The normalized spacial score (nSPS) is 12.0. The molecule has 1 aromatic carbocycles. The molecule has 0 aliphatic rings. The van der Waals surface area contributed by atoms with E-state index in [0.717, 1.165) is 4.34 Å². The number of thioether (sulfide) groups is 1. The number of Topliss-reactive ketones (excluding diaryl/α,β-unsaturated/α-hetero) is 1. The van der Waals surface area contributed by atoms with E-state index in [-0.39, 0.29) is 22.9 Å². The number of methoxy groups -OCH3 is 1. The zero-order valence-electron chi connectivity index (χ0n) is 15.8. The molecule has 0 radical (unpaired) electrons. The molecule has 0 unspecified atom stereocenters. The first kappa shape index (κ1) is 21.3. The molecule has 1 heterocycles. The van der Waals surface area contributed by atoms with Crippen molar-refractivity contribution in [2.75, 3.05) is 30.9 Å². The third-order valence-corrected chi connectivity index (χ3v) is 5.66. The minimum atomic E-state index is -0.291. The van der Waals surface area contributed by atoms with Crippen molar-refractivity contribution in [1.82, 2.24) is 10.2 Å².